The van der Waals surface area contributed by atoms with Crippen LogP contribution in [-0.4, -0.2) is 17.7 Å². The highest BCUT2D eigenvalue weighted by Gasteiger charge is 2.36. The number of benzene rings is 2. The highest BCUT2D eigenvalue weighted by atomic mass is 16.3. The summed E-state index contributed by atoms with van der Waals surface area (Å²) in [6, 6.07) is 16.4. The van der Waals surface area contributed by atoms with Gasteiger partial charge < -0.3 is 9.73 Å². The number of hydrogen-bond donors (Lipinski definition) is 1. The van der Waals surface area contributed by atoms with Gasteiger partial charge in [0.1, 0.15) is 0 Å². The maximum Gasteiger partial charge on any atom is 0.291 e. The molecule has 2 aromatic carbocycles. The van der Waals surface area contributed by atoms with E-state index in [1.54, 1.807) is 60.7 Å². The summed E-state index contributed by atoms with van der Waals surface area (Å²) in [6.45, 7) is 0. The van der Waals surface area contributed by atoms with Gasteiger partial charge >= 0.3 is 0 Å². The van der Waals surface area contributed by atoms with Crippen LogP contribution in [0.15, 0.2) is 71.3 Å². The Morgan fingerprint density at radius 3 is 2.24 bits per heavy atom. The summed E-state index contributed by atoms with van der Waals surface area (Å²) in [4.78, 5) is 38.2. The highest BCUT2D eigenvalue weighted by molar-refractivity contribution is 6.34. The van der Waals surface area contributed by atoms with Crippen molar-refractivity contribution in [1.29, 1.82) is 0 Å². The van der Waals surface area contributed by atoms with E-state index in [9.17, 15) is 14.4 Å². The minimum atomic E-state index is -0.412. The van der Waals surface area contributed by atoms with Crippen molar-refractivity contribution in [2.24, 2.45) is 0 Å². The van der Waals surface area contributed by atoms with Gasteiger partial charge in [0, 0.05) is 5.69 Å². The Hall–Kier alpha value is -3.67. The lowest BCUT2D eigenvalue weighted by Crippen LogP contribution is -2.29. The second-order valence-electron chi connectivity index (χ2n) is 5.47. The molecular weight excluding hydrogens is 320 g/mol. The Balaban J connectivity index is 1.63. The van der Waals surface area contributed by atoms with Crippen molar-refractivity contribution in [3.05, 3.63) is 83.8 Å². The van der Waals surface area contributed by atoms with Gasteiger partial charge in [-0.3, -0.25) is 14.4 Å². The first-order valence-electron chi connectivity index (χ1n) is 7.58. The molecule has 3 aromatic rings. The minimum Gasteiger partial charge on any atom is -0.459 e. The molecule has 0 fully saturated rings. The van der Waals surface area contributed by atoms with E-state index in [1.165, 1.54) is 6.26 Å². The standard InChI is InChI=1S/C19H12N2O4/c22-17(16-9-4-10-25-16)20-12-5-3-6-13(11-12)21-18(23)14-7-1-2-8-15(14)19(21)24/h1-11H,(H,20,22). The van der Waals surface area contributed by atoms with Crippen molar-refractivity contribution >= 4 is 29.1 Å². The molecule has 122 valence electrons. The first-order chi connectivity index (χ1) is 12.1. The fourth-order valence-corrected chi connectivity index (χ4v) is 2.75. The first-order valence-corrected chi connectivity index (χ1v) is 7.58. The molecule has 25 heavy (non-hydrogen) atoms. The van der Waals surface area contributed by atoms with E-state index in [0.29, 0.717) is 22.5 Å². The molecule has 0 atom stereocenters. The fraction of sp³-hybridized carbons (Fsp3) is 0. The summed E-state index contributed by atoms with van der Waals surface area (Å²) >= 11 is 0. The second-order valence-corrected chi connectivity index (χ2v) is 5.47. The Bertz CT molecular complexity index is 957. The third-order valence-electron chi connectivity index (χ3n) is 3.90. The second kappa shape index (κ2) is 5.76. The zero-order valence-electron chi connectivity index (χ0n) is 12.9. The number of amides is 3. The molecule has 1 aliphatic heterocycles. The van der Waals surface area contributed by atoms with Crippen molar-refractivity contribution in [2.45, 2.75) is 0 Å². The van der Waals surface area contributed by atoms with Crippen LogP contribution in [0.2, 0.25) is 0 Å². The van der Waals surface area contributed by atoms with E-state index in [4.69, 9.17) is 4.42 Å². The molecule has 6 heteroatoms. The van der Waals surface area contributed by atoms with Crippen LogP contribution in [0.5, 0.6) is 0 Å². The number of furan rings is 1. The molecule has 0 radical (unpaired) electrons. The quantitative estimate of drug-likeness (QED) is 0.746. The largest absolute Gasteiger partial charge is 0.459 e. The van der Waals surface area contributed by atoms with Crippen molar-refractivity contribution in [3.63, 3.8) is 0 Å². The molecule has 1 N–H and O–H groups in total. The van der Waals surface area contributed by atoms with Gasteiger partial charge in [0.25, 0.3) is 17.7 Å². The lowest BCUT2D eigenvalue weighted by molar-refractivity contribution is 0.0925. The molecular formula is C19H12N2O4. The molecule has 0 unspecified atom stereocenters. The first kappa shape index (κ1) is 14.9. The van der Waals surface area contributed by atoms with Crippen molar-refractivity contribution < 1.29 is 18.8 Å². The Morgan fingerprint density at radius 2 is 1.60 bits per heavy atom. The molecule has 0 aliphatic carbocycles. The summed E-state index contributed by atoms with van der Waals surface area (Å²) in [5.74, 6) is -0.999. The number of imide groups is 1. The average molecular weight is 332 g/mol. The van der Waals surface area contributed by atoms with Gasteiger partial charge in [-0.25, -0.2) is 4.90 Å². The SMILES string of the molecule is O=C(Nc1cccc(N2C(=O)c3ccccc3C2=O)c1)c1ccco1. The topological polar surface area (TPSA) is 79.6 Å². The van der Waals surface area contributed by atoms with Crippen molar-refractivity contribution in [3.8, 4) is 0 Å². The van der Waals surface area contributed by atoms with Crippen molar-refractivity contribution in [2.75, 3.05) is 10.2 Å². The Kier molecular flexibility index (Phi) is 3.43. The molecule has 0 saturated carbocycles. The van der Waals surface area contributed by atoms with Gasteiger partial charge in [-0.15, -0.1) is 0 Å². The molecule has 0 bridgehead atoms. The molecule has 2 heterocycles. The van der Waals surface area contributed by atoms with E-state index >= 15 is 0 Å². The number of hydrogen-bond acceptors (Lipinski definition) is 4. The van der Waals surface area contributed by atoms with Crippen LogP contribution in [0.25, 0.3) is 0 Å². The van der Waals surface area contributed by atoms with Gasteiger partial charge in [0.05, 0.1) is 23.1 Å². The van der Waals surface area contributed by atoms with Gasteiger partial charge in [-0.1, -0.05) is 18.2 Å². The highest BCUT2D eigenvalue weighted by Crippen LogP contribution is 2.29. The summed E-state index contributed by atoms with van der Waals surface area (Å²) in [7, 11) is 0. The van der Waals surface area contributed by atoms with Crippen LogP contribution < -0.4 is 10.2 Å². The van der Waals surface area contributed by atoms with E-state index in [0.717, 1.165) is 4.90 Å². The molecule has 1 aliphatic rings. The van der Waals surface area contributed by atoms with Gasteiger partial charge in [0.2, 0.25) is 0 Å². The maximum absolute atomic E-state index is 12.5. The Morgan fingerprint density at radius 1 is 0.880 bits per heavy atom. The summed E-state index contributed by atoms with van der Waals surface area (Å²) in [5, 5.41) is 2.68. The normalized spacial score (nSPS) is 13.0. The number of rotatable bonds is 3. The predicted octanol–water partition coefficient (Wildman–Crippen LogP) is 3.33. The summed E-state index contributed by atoms with van der Waals surface area (Å²) in [5.41, 5.74) is 1.59. The van der Waals surface area contributed by atoms with Gasteiger partial charge in [-0.2, -0.15) is 0 Å². The van der Waals surface area contributed by atoms with E-state index in [-0.39, 0.29) is 17.6 Å². The van der Waals surface area contributed by atoms with E-state index in [1.807, 2.05) is 0 Å². The predicted molar refractivity (Wildman–Crippen MR) is 90.7 cm³/mol. The van der Waals surface area contributed by atoms with Crippen molar-refractivity contribution in [1.82, 2.24) is 0 Å². The minimum absolute atomic E-state index is 0.172. The van der Waals surface area contributed by atoms with Crippen LogP contribution in [0.4, 0.5) is 11.4 Å². The molecule has 0 saturated heterocycles. The maximum atomic E-state index is 12.5. The molecule has 6 nitrogen and oxygen atoms in total. The van der Waals surface area contributed by atoms with Gasteiger partial charge in [0.15, 0.2) is 5.76 Å². The zero-order chi connectivity index (χ0) is 17.4. The molecule has 0 spiro atoms. The number of carbonyl (C=O) groups excluding carboxylic acids is 3. The van der Waals surface area contributed by atoms with Crippen LogP contribution in [-0.2, 0) is 0 Å². The van der Waals surface area contributed by atoms with E-state index < -0.39 is 5.91 Å². The van der Waals surface area contributed by atoms with Crippen LogP contribution in [0.3, 0.4) is 0 Å². The number of nitrogens with zero attached hydrogens (tertiary/aromatic N) is 1. The third kappa shape index (κ3) is 2.49. The lowest BCUT2D eigenvalue weighted by Gasteiger charge is -2.15. The van der Waals surface area contributed by atoms with E-state index in [2.05, 4.69) is 5.32 Å². The van der Waals surface area contributed by atoms with Gasteiger partial charge in [-0.05, 0) is 42.5 Å². The molecule has 3 amide bonds. The lowest BCUT2D eigenvalue weighted by atomic mass is 10.1. The summed E-state index contributed by atoms with van der Waals surface area (Å²) < 4.78 is 5.04. The number of fused-ring (bicyclic) bond motifs is 1. The summed E-state index contributed by atoms with van der Waals surface area (Å²) in [6.07, 6.45) is 1.41. The van der Waals surface area contributed by atoms with Crippen LogP contribution in [0, 0.1) is 0 Å². The fourth-order valence-electron chi connectivity index (χ4n) is 2.75. The zero-order valence-corrected chi connectivity index (χ0v) is 12.9. The van der Waals surface area contributed by atoms with Crippen LogP contribution >= 0.6 is 0 Å². The number of anilines is 2. The number of carbonyl (C=O) groups is 3. The third-order valence-corrected chi connectivity index (χ3v) is 3.90. The number of nitrogens with one attached hydrogen (secondary N) is 1. The average Bonchev–Trinajstić information content (AvgIpc) is 3.24. The smallest absolute Gasteiger partial charge is 0.291 e. The molecule has 1 aromatic heterocycles. The monoisotopic (exact) mass is 332 g/mol. The van der Waals surface area contributed by atoms with Crippen LogP contribution in [0.1, 0.15) is 31.3 Å². The Labute approximate surface area is 142 Å². The molecule has 4 rings (SSSR count).